The van der Waals surface area contributed by atoms with Crippen molar-refractivity contribution < 1.29 is 23.7 Å². The Hall–Kier alpha value is -2.93. The van der Waals surface area contributed by atoms with E-state index >= 15 is 0 Å². The summed E-state index contributed by atoms with van der Waals surface area (Å²) in [6, 6.07) is 10.8. The number of anilines is 2. The zero-order valence-corrected chi connectivity index (χ0v) is 15.8. The first kappa shape index (κ1) is 18.8. The van der Waals surface area contributed by atoms with Crippen molar-refractivity contribution >= 4 is 17.3 Å². The number of morpholine rings is 1. The number of nitrogens with zero attached hydrogens (tertiary/aromatic N) is 1. The molecule has 0 radical (unpaired) electrons. The predicted octanol–water partition coefficient (Wildman–Crippen LogP) is 2.80. The molecule has 1 fully saturated rings. The minimum atomic E-state index is -0.273. The summed E-state index contributed by atoms with van der Waals surface area (Å²) >= 11 is 0. The maximum Gasteiger partial charge on any atom is 0.256 e. The number of hydrogen-bond acceptors (Lipinski definition) is 6. The second kappa shape index (κ2) is 8.64. The van der Waals surface area contributed by atoms with E-state index in [9.17, 15) is 4.79 Å². The molecule has 0 aliphatic carbocycles. The summed E-state index contributed by atoms with van der Waals surface area (Å²) in [7, 11) is 4.67. The van der Waals surface area contributed by atoms with E-state index in [-0.39, 0.29) is 5.91 Å². The average molecular weight is 372 g/mol. The first-order chi connectivity index (χ1) is 13.1. The van der Waals surface area contributed by atoms with Crippen molar-refractivity contribution in [2.24, 2.45) is 0 Å². The molecule has 1 aliphatic heterocycles. The molecule has 1 aliphatic rings. The van der Waals surface area contributed by atoms with Gasteiger partial charge in [-0.3, -0.25) is 4.79 Å². The molecule has 1 saturated heterocycles. The van der Waals surface area contributed by atoms with Gasteiger partial charge in [-0.25, -0.2) is 0 Å². The Morgan fingerprint density at radius 1 is 0.963 bits per heavy atom. The smallest absolute Gasteiger partial charge is 0.256 e. The van der Waals surface area contributed by atoms with Crippen LogP contribution in [0.4, 0.5) is 11.4 Å². The molecule has 7 heteroatoms. The van der Waals surface area contributed by atoms with Crippen molar-refractivity contribution in [3.8, 4) is 17.2 Å². The number of hydrogen-bond donors (Lipinski definition) is 1. The molecule has 1 heterocycles. The van der Waals surface area contributed by atoms with E-state index in [1.54, 1.807) is 39.5 Å². The third kappa shape index (κ3) is 4.43. The normalized spacial score (nSPS) is 13.8. The van der Waals surface area contributed by atoms with Gasteiger partial charge in [-0.15, -0.1) is 0 Å². The van der Waals surface area contributed by atoms with Crippen LogP contribution >= 0.6 is 0 Å². The van der Waals surface area contributed by atoms with Crippen LogP contribution in [0, 0.1) is 0 Å². The van der Waals surface area contributed by atoms with Gasteiger partial charge in [0, 0.05) is 30.4 Å². The molecular formula is C20H24N2O5. The van der Waals surface area contributed by atoms with E-state index in [2.05, 4.69) is 10.2 Å². The minimum absolute atomic E-state index is 0.273. The number of carbonyl (C=O) groups excluding carboxylic acids is 1. The second-order valence-corrected chi connectivity index (χ2v) is 6.04. The van der Waals surface area contributed by atoms with Crippen molar-refractivity contribution in [2.45, 2.75) is 0 Å². The van der Waals surface area contributed by atoms with E-state index in [1.807, 2.05) is 18.2 Å². The number of carbonyl (C=O) groups is 1. The molecule has 0 spiro atoms. The quantitative estimate of drug-likeness (QED) is 0.841. The first-order valence-corrected chi connectivity index (χ1v) is 8.69. The molecule has 2 aromatic rings. The highest BCUT2D eigenvalue weighted by Crippen LogP contribution is 2.31. The highest BCUT2D eigenvalue weighted by molar-refractivity contribution is 6.05. The lowest BCUT2D eigenvalue weighted by Gasteiger charge is -2.29. The van der Waals surface area contributed by atoms with Crippen molar-refractivity contribution in [3.63, 3.8) is 0 Å². The molecule has 0 bridgehead atoms. The van der Waals surface area contributed by atoms with Crippen LogP contribution in [0.15, 0.2) is 36.4 Å². The predicted molar refractivity (Wildman–Crippen MR) is 104 cm³/mol. The van der Waals surface area contributed by atoms with Crippen LogP contribution in [-0.4, -0.2) is 53.5 Å². The Bertz CT molecular complexity index is 781. The van der Waals surface area contributed by atoms with Crippen LogP contribution in [0.25, 0.3) is 0 Å². The number of benzene rings is 2. The number of amides is 1. The largest absolute Gasteiger partial charge is 0.497 e. The summed E-state index contributed by atoms with van der Waals surface area (Å²) in [5.74, 6) is 1.42. The summed E-state index contributed by atoms with van der Waals surface area (Å²) in [4.78, 5) is 15.0. The van der Waals surface area contributed by atoms with Crippen LogP contribution in [0.3, 0.4) is 0 Å². The zero-order valence-electron chi connectivity index (χ0n) is 15.8. The van der Waals surface area contributed by atoms with Gasteiger partial charge in [0.1, 0.15) is 17.2 Å². The van der Waals surface area contributed by atoms with Gasteiger partial charge in [0.05, 0.1) is 40.2 Å². The molecule has 0 atom stereocenters. The van der Waals surface area contributed by atoms with E-state index in [1.165, 1.54) is 0 Å². The maximum atomic E-state index is 12.8. The Balaban J connectivity index is 1.86. The van der Waals surface area contributed by atoms with E-state index in [0.29, 0.717) is 41.7 Å². The molecule has 0 saturated carbocycles. The van der Waals surface area contributed by atoms with Gasteiger partial charge in [-0.2, -0.15) is 0 Å². The molecule has 27 heavy (non-hydrogen) atoms. The van der Waals surface area contributed by atoms with Gasteiger partial charge in [-0.05, 0) is 30.3 Å². The molecule has 0 unspecified atom stereocenters. The topological polar surface area (TPSA) is 69.3 Å². The highest BCUT2D eigenvalue weighted by atomic mass is 16.5. The lowest BCUT2D eigenvalue weighted by atomic mass is 10.1. The Morgan fingerprint density at radius 3 is 2.22 bits per heavy atom. The minimum Gasteiger partial charge on any atom is -0.497 e. The molecule has 144 valence electrons. The molecule has 7 nitrogen and oxygen atoms in total. The summed E-state index contributed by atoms with van der Waals surface area (Å²) in [5.41, 5.74) is 2.05. The molecule has 1 amide bonds. The fraction of sp³-hybridized carbons (Fsp3) is 0.350. The van der Waals surface area contributed by atoms with Crippen LogP contribution in [0.2, 0.25) is 0 Å². The van der Waals surface area contributed by atoms with Crippen LogP contribution in [0.1, 0.15) is 10.4 Å². The van der Waals surface area contributed by atoms with Crippen molar-refractivity contribution in [1.82, 2.24) is 0 Å². The van der Waals surface area contributed by atoms with E-state index < -0.39 is 0 Å². The fourth-order valence-corrected chi connectivity index (χ4v) is 2.94. The van der Waals surface area contributed by atoms with E-state index in [0.717, 1.165) is 18.8 Å². The van der Waals surface area contributed by atoms with Gasteiger partial charge in [-0.1, -0.05) is 0 Å². The molecular weight excluding hydrogens is 348 g/mol. The molecule has 3 rings (SSSR count). The Labute approximate surface area is 158 Å². The third-order valence-electron chi connectivity index (χ3n) is 4.42. The number of ether oxygens (including phenoxy) is 4. The van der Waals surface area contributed by atoms with E-state index in [4.69, 9.17) is 18.9 Å². The van der Waals surface area contributed by atoms with Gasteiger partial charge in [0.25, 0.3) is 5.91 Å². The van der Waals surface area contributed by atoms with Gasteiger partial charge >= 0.3 is 0 Å². The standard InChI is InChI=1S/C20H24N2O5/c1-24-16-10-14(11-17(13-16)25-2)20(23)21-18-12-15(4-5-19(18)26-3)22-6-8-27-9-7-22/h4-5,10-13H,6-9H2,1-3H3,(H,21,23). The SMILES string of the molecule is COc1cc(OC)cc(C(=O)Nc2cc(N3CCOCC3)ccc2OC)c1. The fourth-order valence-electron chi connectivity index (χ4n) is 2.94. The average Bonchev–Trinajstić information content (AvgIpc) is 2.73. The van der Waals surface area contributed by atoms with Crippen molar-refractivity contribution in [2.75, 3.05) is 57.8 Å². The number of nitrogens with one attached hydrogen (secondary N) is 1. The Kier molecular flexibility index (Phi) is 6.03. The summed E-state index contributed by atoms with van der Waals surface area (Å²) in [6.45, 7) is 3.01. The number of rotatable bonds is 6. The van der Waals surface area contributed by atoms with Crippen molar-refractivity contribution in [1.29, 1.82) is 0 Å². The van der Waals surface area contributed by atoms with Crippen LogP contribution < -0.4 is 24.4 Å². The second-order valence-electron chi connectivity index (χ2n) is 6.04. The Morgan fingerprint density at radius 2 is 1.63 bits per heavy atom. The number of methoxy groups -OCH3 is 3. The van der Waals surface area contributed by atoms with Crippen molar-refractivity contribution in [3.05, 3.63) is 42.0 Å². The summed E-state index contributed by atoms with van der Waals surface area (Å²) in [5, 5.41) is 2.93. The zero-order chi connectivity index (χ0) is 19.2. The lowest BCUT2D eigenvalue weighted by Crippen LogP contribution is -2.36. The lowest BCUT2D eigenvalue weighted by molar-refractivity contribution is 0.102. The van der Waals surface area contributed by atoms with Crippen LogP contribution in [0.5, 0.6) is 17.2 Å². The first-order valence-electron chi connectivity index (χ1n) is 8.69. The summed E-state index contributed by atoms with van der Waals surface area (Å²) < 4.78 is 21.3. The van der Waals surface area contributed by atoms with Gasteiger partial charge < -0.3 is 29.2 Å². The third-order valence-corrected chi connectivity index (χ3v) is 4.42. The highest BCUT2D eigenvalue weighted by Gasteiger charge is 2.16. The maximum absolute atomic E-state index is 12.8. The summed E-state index contributed by atoms with van der Waals surface area (Å²) in [6.07, 6.45) is 0. The molecule has 2 aromatic carbocycles. The monoisotopic (exact) mass is 372 g/mol. The molecule has 1 N–H and O–H groups in total. The van der Waals surface area contributed by atoms with Crippen LogP contribution in [-0.2, 0) is 4.74 Å². The molecule has 0 aromatic heterocycles. The van der Waals surface area contributed by atoms with Gasteiger partial charge in [0.2, 0.25) is 0 Å². The van der Waals surface area contributed by atoms with Gasteiger partial charge in [0.15, 0.2) is 0 Å².